The second-order valence-electron chi connectivity index (χ2n) is 4.33. The van der Waals surface area contributed by atoms with Crippen LogP contribution in [0.25, 0.3) is 0 Å². The third-order valence-corrected chi connectivity index (χ3v) is 2.79. The number of hydrogen-bond acceptors (Lipinski definition) is 2. The SMILES string of the molecule is CCC(C)COC(OC)c1ccc(C)cc1. The molecule has 0 heterocycles. The van der Waals surface area contributed by atoms with Crippen LogP contribution in [0.2, 0.25) is 0 Å². The fourth-order valence-electron chi connectivity index (χ4n) is 1.39. The van der Waals surface area contributed by atoms with E-state index in [9.17, 15) is 0 Å². The maximum absolute atomic E-state index is 5.75. The van der Waals surface area contributed by atoms with Crippen molar-refractivity contribution >= 4 is 0 Å². The average molecular weight is 222 g/mol. The Labute approximate surface area is 98.6 Å². The molecule has 2 heteroatoms. The Kier molecular flexibility index (Phi) is 5.50. The van der Waals surface area contributed by atoms with Crippen LogP contribution in [-0.2, 0) is 9.47 Å². The lowest BCUT2D eigenvalue weighted by Gasteiger charge is -2.19. The van der Waals surface area contributed by atoms with Crippen LogP contribution in [0.3, 0.4) is 0 Å². The molecule has 0 spiro atoms. The molecule has 0 N–H and O–H groups in total. The maximum atomic E-state index is 5.75. The standard InChI is InChI=1S/C14H22O2/c1-5-11(2)10-16-14(15-4)13-8-6-12(3)7-9-13/h6-9,11,14H,5,10H2,1-4H3. The van der Waals surface area contributed by atoms with Gasteiger partial charge in [-0.3, -0.25) is 0 Å². The van der Waals surface area contributed by atoms with Gasteiger partial charge < -0.3 is 9.47 Å². The lowest BCUT2D eigenvalue weighted by atomic mass is 10.1. The molecule has 0 aliphatic rings. The van der Waals surface area contributed by atoms with Crippen molar-refractivity contribution in [3.63, 3.8) is 0 Å². The van der Waals surface area contributed by atoms with Crippen LogP contribution in [0.1, 0.15) is 37.7 Å². The van der Waals surface area contributed by atoms with E-state index in [0.29, 0.717) is 5.92 Å². The van der Waals surface area contributed by atoms with Crippen molar-refractivity contribution in [1.82, 2.24) is 0 Å². The molecule has 0 amide bonds. The third kappa shape index (κ3) is 3.95. The predicted octanol–water partition coefficient (Wildman–Crippen LogP) is 3.70. The van der Waals surface area contributed by atoms with Crippen molar-refractivity contribution < 1.29 is 9.47 Å². The van der Waals surface area contributed by atoms with Crippen molar-refractivity contribution in [1.29, 1.82) is 0 Å². The predicted molar refractivity (Wildman–Crippen MR) is 66.3 cm³/mol. The normalized spacial score (nSPS) is 14.8. The Balaban J connectivity index is 2.57. The molecule has 0 aromatic heterocycles. The summed E-state index contributed by atoms with van der Waals surface area (Å²) in [6.45, 7) is 7.16. The fourth-order valence-corrected chi connectivity index (χ4v) is 1.39. The molecule has 0 bridgehead atoms. The van der Waals surface area contributed by atoms with E-state index in [-0.39, 0.29) is 6.29 Å². The Morgan fingerprint density at radius 2 is 1.81 bits per heavy atom. The number of benzene rings is 1. The minimum absolute atomic E-state index is 0.241. The van der Waals surface area contributed by atoms with Gasteiger partial charge in [-0.25, -0.2) is 0 Å². The Morgan fingerprint density at radius 3 is 2.31 bits per heavy atom. The monoisotopic (exact) mass is 222 g/mol. The molecule has 0 saturated carbocycles. The van der Waals surface area contributed by atoms with Gasteiger partial charge in [-0.05, 0) is 12.8 Å². The van der Waals surface area contributed by atoms with Gasteiger partial charge in [-0.2, -0.15) is 0 Å². The van der Waals surface area contributed by atoms with Crippen LogP contribution < -0.4 is 0 Å². The van der Waals surface area contributed by atoms with Gasteiger partial charge in [0.05, 0.1) is 6.61 Å². The molecule has 0 radical (unpaired) electrons. The van der Waals surface area contributed by atoms with Gasteiger partial charge >= 0.3 is 0 Å². The molecule has 0 aliphatic carbocycles. The van der Waals surface area contributed by atoms with Gasteiger partial charge in [0.25, 0.3) is 0 Å². The van der Waals surface area contributed by atoms with E-state index >= 15 is 0 Å². The molecule has 2 nitrogen and oxygen atoms in total. The molecule has 90 valence electrons. The summed E-state index contributed by atoms with van der Waals surface area (Å²) in [6.07, 6.45) is 0.888. The van der Waals surface area contributed by atoms with Crippen LogP contribution in [0, 0.1) is 12.8 Å². The van der Waals surface area contributed by atoms with E-state index in [1.165, 1.54) is 5.56 Å². The number of rotatable bonds is 6. The van der Waals surface area contributed by atoms with Crippen LogP contribution in [-0.4, -0.2) is 13.7 Å². The van der Waals surface area contributed by atoms with Crippen LogP contribution >= 0.6 is 0 Å². The Morgan fingerprint density at radius 1 is 1.19 bits per heavy atom. The first-order valence-corrected chi connectivity index (χ1v) is 5.88. The van der Waals surface area contributed by atoms with E-state index < -0.39 is 0 Å². The second-order valence-corrected chi connectivity index (χ2v) is 4.33. The van der Waals surface area contributed by atoms with Gasteiger partial charge in [0.15, 0.2) is 6.29 Å². The van der Waals surface area contributed by atoms with Gasteiger partial charge in [-0.15, -0.1) is 0 Å². The van der Waals surface area contributed by atoms with Crippen molar-refractivity contribution in [2.75, 3.05) is 13.7 Å². The summed E-state index contributed by atoms with van der Waals surface area (Å²) in [5.74, 6) is 0.572. The summed E-state index contributed by atoms with van der Waals surface area (Å²) in [5, 5.41) is 0. The van der Waals surface area contributed by atoms with E-state index in [4.69, 9.17) is 9.47 Å². The summed E-state index contributed by atoms with van der Waals surface area (Å²) >= 11 is 0. The quantitative estimate of drug-likeness (QED) is 0.683. The highest BCUT2D eigenvalue weighted by Crippen LogP contribution is 2.19. The number of hydrogen-bond donors (Lipinski definition) is 0. The molecule has 1 aromatic rings. The zero-order chi connectivity index (χ0) is 12.0. The zero-order valence-corrected chi connectivity index (χ0v) is 10.7. The first kappa shape index (κ1) is 13.2. The second kappa shape index (κ2) is 6.66. The molecule has 1 aromatic carbocycles. The Bertz CT molecular complexity index is 292. The van der Waals surface area contributed by atoms with Gasteiger partial charge in [-0.1, -0.05) is 50.1 Å². The van der Waals surface area contributed by atoms with Crippen LogP contribution in [0.5, 0.6) is 0 Å². The molecule has 16 heavy (non-hydrogen) atoms. The number of methoxy groups -OCH3 is 1. The first-order valence-electron chi connectivity index (χ1n) is 5.88. The van der Waals surface area contributed by atoms with E-state index in [2.05, 4.69) is 45.0 Å². The molecule has 0 fully saturated rings. The van der Waals surface area contributed by atoms with E-state index in [1.54, 1.807) is 7.11 Å². The van der Waals surface area contributed by atoms with Crippen molar-refractivity contribution in [3.8, 4) is 0 Å². The minimum Gasteiger partial charge on any atom is -0.352 e. The van der Waals surface area contributed by atoms with Crippen molar-refractivity contribution in [2.24, 2.45) is 5.92 Å². The third-order valence-electron chi connectivity index (χ3n) is 2.79. The summed E-state index contributed by atoms with van der Waals surface area (Å²) in [5.41, 5.74) is 2.33. The zero-order valence-electron chi connectivity index (χ0n) is 10.7. The van der Waals surface area contributed by atoms with Crippen molar-refractivity contribution in [3.05, 3.63) is 35.4 Å². The molecule has 0 aliphatic heterocycles. The molecular formula is C14H22O2. The fraction of sp³-hybridized carbons (Fsp3) is 0.571. The van der Waals surface area contributed by atoms with E-state index in [0.717, 1.165) is 18.6 Å². The minimum atomic E-state index is -0.241. The molecule has 2 unspecified atom stereocenters. The Hall–Kier alpha value is -0.860. The van der Waals surface area contributed by atoms with Crippen LogP contribution in [0.15, 0.2) is 24.3 Å². The highest BCUT2D eigenvalue weighted by atomic mass is 16.7. The highest BCUT2D eigenvalue weighted by molar-refractivity contribution is 5.22. The molecule has 0 saturated heterocycles. The highest BCUT2D eigenvalue weighted by Gasteiger charge is 2.11. The average Bonchev–Trinajstić information content (AvgIpc) is 2.31. The maximum Gasteiger partial charge on any atom is 0.183 e. The summed E-state index contributed by atoms with van der Waals surface area (Å²) in [7, 11) is 1.68. The number of aryl methyl sites for hydroxylation is 1. The first-order chi connectivity index (χ1) is 7.67. The smallest absolute Gasteiger partial charge is 0.183 e. The summed E-state index contributed by atoms with van der Waals surface area (Å²) in [6, 6.07) is 8.27. The molecule has 2 atom stereocenters. The lowest BCUT2D eigenvalue weighted by Crippen LogP contribution is -2.12. The summed E-state index contributed by atoms with van der Waals surface area (Å²) in [4.78, 5) is 0. The van der Waals surface area contributed by atoms with Gasteiger partial charge in [0.1, 0.15) is 0 Å². The van der Waals surface area contributed by atoms with Crippen molar-refractivity contribution in [2.45, 2.75) is 33.5 Å². The topological polar surface area (TPSA) is 18.5 Å². The molecule has 1 rings (SSSR count). The number of ether oxygens (including phenoxy) is 2. The lowest BCUT2D eigenvalue weighted by molar-refractivity contribution is -0.135. The van der Waals surface area contributed by atoms with Gasteiger partial charge in [0.2, 0.25) is 0 Å². The van der Waals surface area contributed by atoms with Gasteiger partial charge in [0, 0.05) is 12.7 Å². The molecular weight excluding hydrogens is 200 g/mol. The largest absolute Gasteiger partial charge is 0.352 e. The summed E-state index contributed by atoms with van der Waals surface area (Å²) < 4.78 is 11.1. The van der Waals surface area contributed by atoms with E-state index in [1.807, 2.05) is 0 Å². The van der Waals surface area contributed by atoms with Crippen LogP contribution in [0.4, 0.5) is 0 Å².